The topological polar surface area (TPSA) is 104 Å². The zero-order valence-corrected chi connectivity index (χ0v) is 26.1. The van der Waals surface area contributed by atoms with Crippen molar-refractivity contribution >= 4 is 24.4 Å². The largest absolute Gasteiger partial charge is 0.497 e. The lowest BCUT2D eigenvalue weighted by Gasteiger charge is -2.08. The molecule has 0 saturated heterocycles. The van der Waals surface area contributed by atoms with Crippen LogP contribution in [0.25, 0.3) is 34.2 Å². The first kappa shape index (κ1) is 30.3. The highest BCUT2D eigenvalue weighted by Gasteiger charge is 2.12. The summed E-state index contributed by atoms with van der Waals surface area (Å²) < 4.78 is 25.6. The number of rotatable bonds is 8. The van der Waals surface area contributed by atoms with Gasteiger partial charge < -0.3 is 18.9 Å². The Hall–Kier alpha value is -5.20. The van der Waals surface area contributed by atoms with Crippen molar-refractivity contribution in [1.29, 1.82) is 0 Å². The number of methoxy groups -OCH3 is 4. The van der Waals surface area contributed by atoms with Gasteiger partial charge in [0.05, 0.1) is 39.8 Å². The normalized spacial score (nSPS) is 10.5. The minimum Gasteiger partial charge on any atom is -0.497 e. The van der Waals surface area contributed by atoms with Gasteiger partial charge in [-0.2, -0.15) is 10.2 Å². The van der Waals surface area contributed by atoms with Crippen LogP contribution in [0.5, 0.6) is 23.0 Å². The summed E-state index contributed by atoms with van der Waals surface area (Å²) in [6.07, 6.45) is 0. The molecular formula is C32H30N6O4S2. The molecule has 0 bridgehead atoms. The minimum absolute atomic E-state index is 0.538. The second-order valence-corrected chi connectivity index (χ2v) is 10.0. The Morgan fingerprint density at radius 2 is 0.727 bits per heavy atom. The van der Waals surface area contributed by atoms with Gasteiger partial charge in [0.25, 0.3) is 0 Å². The lowest BCUT2D eigenvalue weighted by atomic mass is 10.2. The third-order valence-electron chi connectivity index (χ3n) is 6.70. The third kappa shape index (κ3) is 6.56. The molecule has 2 N–H and O–H groups in total. The first-order valence-corrected chi connectivity index (χ1v) is 14.2. The number of hydrogen-bond donors (Lipinski definition) is 2. The average molecular weight is 627 g/mol. The lowest BCUT2D eigenvalue weighted by molar-refractivity contribution is 0.414. The maximum absolute atomic E-state index is 5.35. The number of aromatic nitrogens is 6. The van der Waals surface area contributed by atoms with Crippen molar-refractivity contribution in [3.05, 3.63) is 107 Å². The second-order valence-electron chi connectivity index (χ2n) is 9.23. The van der Waals surface area contributed by atoms with Gasteiger partial charge in [-0.15, -0.1) is 0 Å². The van der Waals surface area contributed by atoms with Crippen molar-refractivity contribution < 1.29 is 18.9 Å². The standard InChI is InChI=1S/2C16H15N3O2S/c2*1-20-13-7-3-11(4-8-13)15-17-18-16(22)19(15)12-5-9-14(21-2)10-6-12/h2*3-10H,1-2H3,(H,18,22). The van der Waals surface area contributed by atoms with Gasteiger partial charge in [0, 0.05) is 11.1 Å². The number of benzene rings is 4. The molecule has 12 heteroatoms. The van der Waals surface area contributed by atoms with Crippen LogP contribution in [-0.2, 0) is 0 Å². The van der Waals surface area contributed by atoms with E-state index < -0.39 is 0 Å². The van der Waals surface area contributed by atoms with Gasteiger partial charge >= 0.3 is 0 Å². The highest BCUT2D eigenvalue weighted by atomic mass is 32.1. The molecule has 6 aromatic rings. The first-order chi connectivity index (χ1) is 21.4. The fraction of sp³-hybridized carbons (Fsp3) is 0.125. The fourth-order valence-electron chi connectivity index (χ4n) is 4.40. The molecule has 0 saturated carbocycles. The van der Waals surface area contributed by atoms with E-state index in [0.29, 0.717) is 9.54 Å². The highest BCUT2D eigenvalue weighted by molar-refractivity contribution is 7.71. The maximum atomic E-state index is 5.35. The van der Waals surface area contributed by atoms with E-state index in [2.05, 4.69) is 20.4 Å². The number of nitrogens with one attached hydrogen (secondary N) is 2. The molecule has 0 aliphatic carbocycles. The van der Waals surface area contributed by atoms with Crippen LogP contribution in [0.15, 0.2) is 97.1 Å². The summed E-state index contributed by atoms with van der Waals surface area (Å²) in [7, 11) is 6.56. The van der Waals surface area contributed by atoms with Crippen LogP contribution in [-0.4, -0.2) is 58.0 Å². The molecule has 2 heterocycles. The van der Waals surface area contributed by atoms with Gasteiger partial charge in [-0.25, -0.2) is 0 Å². The minimum atomic E-state index is 0.538. The predicted molar refractivity (Wildman–Crippen MR) is 175 cm³/mol. The predicted octanol–water partition coefficient (Wildman–Crippen LogP) is 7.23. The molecule has 44 heavy (non-hydrogen) atoms. The van der Waals surface area contributed by atoms with Gasteiger partial charge in [-0.05, 0) is 121 Å². The van der Waals surface area contributed by atoms with Crippen LogP contribution < -0.4 is 18.9 Å². The van der Waals surface area contributed by atoms with Gasteiger partial charge in [0.15, 0.2) is 21.2 Å². The van der Waals surface area contributed by atoms with E-state index in [0.717, 1.165) is 57.1 Å². The number of hydrogen-bond acceptors (Lipinski definition) is 8. The van der Waals surface area contributed by atoms with E-state index in [9.17, 15) is 0 Å². The molecule has 0 radical (unpaired) electrons. The lowest BCUT2D eigenvalue weighted by Crippen LogP contribution is -1.98. The third-order valence-corrected chi connectivity index (χ3v) is 7.25. The molecule has 0 unspecified atom stereocenters. The average Bonchev–Trinajstić information content (AvgIpc) is 3.67. The molecule has 0 aliphatic heterocycles. The van der Waals surface area contributed by atoms with Crippen molar-refractivity contribution in [3.63, 3.8) is 0 Å². The molecule has 0 atom stereocenters. The maximum Gasteiger partial charge on any atom is 0.200 e. The first-order valence-electron chi connectivity index (χ1n) is 13.4. The Morgan fingerprint density at radius 3 is 1.00 bits per heavy atom. The molecule has 0 aliphatic rings. The van der Waals surface area contributed by atoms with Crippen molar-refractivity contribution in [2.45, 2.75) is 0 Å². The molecule has 0 amide bonds. The van der Waals surface area contributed by atoms with Crippen LogP contribution in [0.1, 0.15) is 0 Å². The summed E-state index contributed by atoms with van der Waals surface area (Å²) in [5, 5.41) is 14.4. The smallest absolute Gasteiger partial charge is 0.200 e. The van der Waals surface area contributed by atoms with Crippen LogP contribution in [0, 0.1) is 9.54 Å². The van der Waals surface area contributed by atoms with Crippen LogP contribution in [0.2, 0.25) is 0 Å². The fourth-order valence-corrected chi connectivity index (χ4v) is 4.88. The van der Waals surface area contributed by atoms with Crippen molar-refractivity contribution in [3.8, 4) is 57.1 Å². The summed E-state index contributed by atoms with van der Waals surface area (Å²) in [4.78, 5) is 0. The van der Waals surface area contributed by atoms with E-state index in [1.54, 1.807) is 28.4 Å². The molecule has 0 fully saturated rings. The van der Waals surface area contributed by atoms with E-state index in [4.69, 9.17) is 43.4 Å². The second kappa shape index (κ2) is 13.8. The van der Waals surface area contributed by atoms with Crippen LogP contribution in [0.4, 0.5) is 0 Å². The molecule has 0 spiro atoms. The number of nitrogens with zero attached hydrogens (tertiary/aromatic N) is 4. The Bertz CT molecular complexity index is 1780. The van der Waals surface area contributed by atoms with Crippen LogP contribution >= 0.6 is 24.4 Å². The van der Waals surface area contributed by atoms with E-state index >= 15 is 0 Å². The summed E-state index contributed by atoms with van der Waals surface area (Å²) in [5.74, 6) is 4.69. The van der Waals surface area contributed by atoms with Gasteiger partial charge in [-0.1, -0.05) is 0 Å². The zero-order valence-electron chi connectivity index (χ0n) is 24.5. The molecule has 2 aromatic heterocycles. The summed E-state index contributed by atoms with van der Waals surface area (Å²) >= 11 is 10.7. The Morgan fingerprint density at radius 1 is 0.455 bits per heavy atom. The quantitative estimate of drug-likeness (QED) is 0.171. The van der Waals surface area contributed by atoms with Crippen molar-refractivity contribution in [1.82, 2.24) is 29.5 Å². The number of ether oxygens (including phenoxy) is 4. The summed E-state index contributed by atoms with van der Waals surface area (Å²) in [5.41, 5.74) is 3.74. The molecule has 4 aromatic carbocycles. The van der Waals surface area contributed by atoms with E-state index in [1.807, 2.05) is 106 Å². The molecule has 6 rings (SSSR count). The van der Waals surface area contributed by atoms with Crippen LogP contribution in [0.3, 0.4) is 0 Å². The SMILES string of the molecule is COc1ccc(-c2n[nH]c(=S)n2-c2ccc(OC)cc2)cc1.COc1ccc(-c2n[nH]c(=S)n2-c2ccc(OC)cc2)cc1. The van der Waals surface area contributed by atoms with E-state index in [-0.39, 0.29) is 0 Å². The molecule has 10 nitrogen and oxygen atoms in total. The zero-order chi connectivity index (χ0) is 31.1. The number of aromatic amines is 2. The summed E-state index contributed by atoms with van der Waals surface area (Å²) in [6, 6.07) is 30.7. The molecular weight excluding hydrogens is 597 g/mol. The Balaban J connectivity index is 0.000000175. The Kier molecular flexibility index (Phi) is 9.52. The highest BCUT2D eigenvalue weighted by Crippen LogP contribution is 2.26. The van der Waals surface area contributed by atoms with Gasteiger partial charge in [0.1, 0.15) is 23.0 Å². The van der Waals surface area contributed by atoms with Crippen molar-refractivity contribution in [2.24, 2.45) is 0 Å². The monoisotopic (exact) mass is 626 g/mol. The number of H-pyrrole nitrogens is 2. The van der Waals surface area contributed by atoms with Gasteiger partial charge in [-0.3, -0.25) is 19.3 Å². The Labute approximate surface area is 264 Å². The van der Waals surface area contributed by atoms with Gasteiger partial charge in [0.2, 0.25) is 0 Å². The summed E-state index contributed by atoms with van der Waals surface area (Å²) in [6.45, 7) is 0. The van der Waals surface area contributed by atoms with Crippen molar-refractivity contribution in [2.75, 3.05) is 28.4 Å². The van der Waals surface area contributed by atoms with E-state index in [1.165, 1.54) is 0 Å². The molecule has 224 valence electrons.